The van der Waals surface area contributed by atoms with E-state index in [4.69, 9.17) is 4.74 Å². The Bertz CT molecular complexity index is 458. The van der Waals surface area contributed by atoms with E-state index in [1.54, 1.807) is 11.8 Å². The summed E-state index contributed by atoms with van der Waals surface area (Å²) >= 11 is 0. The minimum Gasteiger partial charge on any atom is -0.476 e. The van der Waals surface area contributed by atoms with Crippen molar-refractivity contribution in [1.82, 2.24) is 15.0 Å². The molecule has 0 spiro atoms. The third-order valence-electron chi connectivity index (χ3n) is 3.13. The summed E-state index contributed by atoms with van der Waals surface area (Å²) in [6, 6.07) is 0. The van der Waals surface area contributed by atoms with Crippen molar-refractivity contribution in [2.75, 3.05) is 7.11 Å². The number of carboxylic acids is 1. The van der Waals surface area contributed by atoms with Crippen molar-refractivity contribution < 1.29 is 14.6 Å². The van der Waals surface area contributed by atoms with Crippen LogP contribution in [0.3, 0.4) is 0 Å². The number of hydrogen-bond donors (Lipinski definition) is 1. The van der Waals surface area contributed by atoms with Crippen molar-refractivity contribution in [2.45, 2.75) is 58.6 Å². The Hall–Kier alpha value is -1.43. The second kappa shape index (κ2) is 5.28. The summed E-state index contributed by atoms with van der Waals surface area (Å²) in [5.74, 6) is -1.04. The van der Waals surface area contributed by atoms with Gasteiger partial charge in [0.25, 0.3) is 0 Å². The summed E-state index contributed by atoms with van der Waals surface area (Å²) in [5.41, 5.74) is 0.0773. The molecule has 1 rings (SSSR count). The summed E-state index contributed by atoms with van der Waals surface area (Å²) in [5, 5.41) is 16.9. The fraction of sp³-hybridized carbons (Fsp3) is 0.769. The number of methoxy groups -OCH3 is 1. The van der Waals surface area contributed by atoms with Gasteiger partial charge in [0.2, 0.25) is 0 Å². The van der Waals surface area contributed by atoms with E-state index in [1.165, 1.54) is 0 Å². The molecule has 0 unspecified atom stereocenters. The molecule has 0 radical (unpaired) electrons. The minimum atomic E-state index is -1.04. The second-order valence-electron chi connectivity index (χ2n) is 6.28. The molecule has 1 aromatic rings. The fourth-order valence-electron chi connectivity index (χ4n) is 1.83. The Balaban J connectivity index is 3.06. The van der Waals surface area contributed by atoms with E-state index in [1.807, 2.05) is 34.6 Å². The number of aromatic carboxylic acids is 1. The first-order chi connectivity index (χ1) is 8.58. The molecule has 108 valence electrons. The molecule has 0 aliphatic rings. The van der Waals surface area contributed by atoms with Gasteiger partial charge in [-0.05, 0) is 20.3 Å². The molecule has 0 bridgehead atoms. The van der Waals surface area contributed by atoms with E-state index < -0.39 is 5.97 Å². The van der Waals surface area contributed by atoms with Crippen molar-refractivity contribution >= 4 is 5.97 Å². The molecule has 0 saturated heterocycles. The van der Waals surface area contributed by atoms with Crippen LogP contribution in [0.1, 0.15) is 57.2 Å². The maximum atomic E-state index is 11.2. The zero-order valence-electron chi connectivity index (χ0n) is 12.5. The SMILES string of the molecule is COC(C)(C)CCn1nnc(C(=O)O)c1C(C)(C)C. The highest BCUT2D eigenvalue weighted by atomic mass is 16.5. The van der Waals surface area contributed by atoms with Crippen LogP contribution in [-0.4, -0.2) is 38.8 Å². The molecule has 19 heavy (non-hydrogen) atoms. The predicted octanol–water partition coefficient (Wildman–Crippen LogP) is 2.09. The van der Waals surface area contributed by atoms with Crippen LogP contribution in [0.5, 0.6) is 0 Å². The molecule has 6 heteroatoms. The summed E-state index contributed by atoms with van der Waals surface area (Å²) in [7, 11) is 1.66. The Morgan fingerprint density at radius 2 is 1.89 bits per heavy atom. The van der Waals surface area contributed by atoms with Crippen LogP contribution >= 0.6 is 0 Å². The average molecular weight is 269 g/mol. The lowest BCUT2D eigenvalue weighted by Crippen LogP contribution is -2.27. The molecule has 0 atom stereocenters. The van der Waals surface area contributed by atoms with E-state index in [0.717, 1.165) is 6.42 Å². The molecular formula is C13H23N3O3. The van der Waals surface area contributed by atoms with Gasteiger partial charge in [0.15, 0.2) is 5.69 Å². The highest BCUT2D eigenvalue weighted by molar-refractivity contribution is 5.86. The molecule has 1 aromatic heterocycles. The topological polar surface area (TPSA) is 77.2 Å². The first-order valence-corrected chi connectivity index (χ1v) is 6.31. The zero-order chi connectivity index (χ0) is 14.8. The van der Waals surface area contributed by atoms with Gasteiger partial charge in [-0.3, -0.25) is 0 Å². The van der Waals surface area contributed by atoms with Crippen LogP contribution in [0.4, 0.5) is 0 Å². The standard InChI is InChI=1S/C13H23N3O3/c1-12(2,3)10-9(11(17)18)14-15-16(10)8-7-13(4,5)19-6/h7-8H2,1-6H3,(H,17,18). The lowest BCUT2D eigenvalue weighted by atomic mass is 9.90. The third kappa shape index (κ3) is 3.76. The van der Waals surface area contributed by atoms with Crippen LogP contribution in [0.25, 0.3) is 0 Å². The highest BCUT2D eigenvalue weighted by Crippen LogP contribution is 2.25. The molecular weight excluding hydrogens is 246 g/mol. The molecule has 6 nitrogen and oxygen atoms in total. The van der Waals surface area contributed by atoms with E-state index >= 15 is 0 Å². The first kappa shape index (κ1) is 15.6. The van der Waals surface area contributed by atoms with Gasteiger partial charge in [0, 0.05) is 19.1 Å². The van der Waals surface area contributed by atoms with Gasteiger partial charge in [-0.15, -0.1) is 5.10 Å². The lowest BCUT2D eigenvalue weighted by Gasteiger charge is -2.25. The number of rotatable bonds is 5. The van der Waals surface area contributed by atoms with E-state index in [9.17, 15) is 9.90 Å². The van der Waals surface area contributed by atoms with E-state index in [0.29, 0.717) is 12.2 Å². The molecule has 0 amide bonds. The number of aryl methyl sites for hydroxylation is 1. The summed E-state index contributed by atoms with van der Waals surface area (Å²) in [4.78, 5) is 11.2. The van der Waals surface area contributed by atoms with Gasteiger partial charge in [0.05, 0.1) is 11.3 Å². The third-order valence-corrected chi connectivity index (χ3v) is 3.13. The van der Waals surface area contributed by atoms with Crippen LogP contribution in [0, 0.1) is 0 Å². The highest BCUT2D eigenvalue weighted by Gasteiger charge is 2.29. The monoisotopic (exact) mass is 269 g/mol. The van der Waals surface area contributed by atoms with Crippen molar-refractivity contribution in [3.05, 3.63) is 11.4 Å². The van der Waals surface area contributed by atoms with Gasteiger partial charge < -0.3 is 9.84 Å². The minimum absolute atomic E-state index is 0.0303. The van der Waals surface area contributed by atoms with Crippen LogP contribution in [0.15, 0.2) is 0 Å². The quantitative estimate of drug-likeness (QED) is 0.885. The largest absolute Gasteiger partial charge is 0.476 e. The summed E-state index contributed by atoms with van der Waals surface area (Å²) < 4.78 is 7.03. The maximum absolute atomic E-state index is 11.2. The molecule has 0 fully saturated rings. The smallest absolute Gasteiger partial charge is 0.358 e. The molecule has 0 saturated carbocycles. The normalized spacial score (nSPS) is 12.7. The van der Waals surface area contributed by atoms with Crippen molar-refractivity contribution in [2.24, 2.45) is 0 Å². The summed E-state index contributed by atoms with van der Waals surface area (Å²) in [6.07, 6.45) is 0.731. The molecule has 1 heterocycles. The number of hydrogen-bond acceptors (Lipinski definition) is 4. The Morgan fingerprint density at radius 1 is 1.32 bits per heavy atom. The van der Waals surface area contributed by atoms with Crippen LogP contribution in [0.2, 0.25) is 0 Å². The van der Waals surface area contributed by atoms with Crippen molar-refractivity contribution in [3.63, 3.8) is 0 Å². The summed E-state index contributed by atoms with van der Waals surface area (Å²) in [6.45, 7) is 10.4. The van der Waals surface area contributed by atoms with Gasteiger partial charge in [-0.1, -0.05) is 26.0 Å². The number of aromatic nitrogens is 3. The van der Waals surface area contributed by atoms with Crippen LogP contribution < -0.4 is 0 Å². The lowest BCUT2D eigenvalue weighted by molar-refractivity contribution is 0.0109. The number of nitrogens with zero attached hydrogens (tertiary/aromatic N) is 3. The van der Waals surface area contributed by atoms with Gasteiger partial charge in [-0.2, -0.15) is 0 Å². The molecule has 0 aliphatic heterocycles. The Morgan fingerprint density at radius 3 is 2.32 bits per heavy atom. The number of ether oxygens (including phenoxy) is 1. The van der Waals surface area contributed by atoms with Crippen molar-refractivity contribution in [3.8, 4) is 0 Å². The van der Waals surface area contributed by atoms with Crippen LogP contribution in [-0.2, 0) is 16.7 Å². The Labute approximate surface area is 113 Å². The first-order valence-electron chi connectivity index (χ1n) is 6.31. The zero-order valence-corrected chi connectivity index (χ0v) is 12.5. The van der Waals surface area contributed by atoms with E-state index in [2.05, 4.69) is 10.3 Å². The van der Waals surface area contributed by atoms with Gasteiger partial charge in [-0.25, -0.2) is 9.48 Å². The van der Waals surface area contributed by atoms with E-state index in [-0.39, 0.29) is 16.7 Å². The Kier molecular flexibility index (Phi) is 4.35. The second-order valence-corrected chi connectivity index (χ2v) is 6.28. The van der Waals surface area contributed by atoms with Gasteiger partial charge in [0.1, 0.15) is 0 Å². The molecule has 0 aliphatic carbocycles. The molecule has 0 aromatic carbocycles. The number of carbonyl (C=O) groups is 1. The number of carboxylic acid groups (broad SMARTS) is 1. The van der Waals surface area contributed by atoms with Gasteiger partial charge >= 0.3 is 5.97 Å². The van der Waals surface area contributed by atoms with Crippen molar-refractivity contribution in [1.29, 1.82) is 0 Å². The average Bonchev–Trinajstić information content (AvgIpc) is 2.70. The fourth-order valence-corrected chi connectivity index (χ4v) is 1.83. The maximum Gasteiger partial charge on any atom is 0.358 e. The predicted molar refractivity (Wildman–Crippen MR) is 71.4 cm³/mol. The molecule has 1 N–H and O–H groups in total.